The molecule has 41 heavy (non-hydrogen) atoms. The SMILES string of the molecule is CCCC1CC(NC(=O)C(C)(C)Oc2ccc(F)cc2C(F)(F)F)CCN1c1ccc(C(=O)NCC(F)(F)F)cn1. The van der Waals surface area contributed by atoms with E-state index < -0.39 is 53.4 Å². The van der Waals surface area contributed by atoms with E-state index in [2.05, 4.69) is 10.3 Å². The fourth-order valence-electron chi connectivity index (χ4n) is 4.56. The Bertz CT molecular complexity index is 1220. The second-order valence-electron chi connectivity index (χ2n) is 10.3. The number of carbonyl (C=O) groups excluding carboxylic acids is 2. The van der Waals surface area contributed by atoms with Crippen LogP contribution in [-0.2, 0) is 11.0 Å². The van der Waals surface area contributed by atoms with Crippen LogP contribution in [0, 0.1) is 5.82 Å². The van der Waals surface area contributed by atoms with Gasteiger partial charge in [-0.1, -0.05) is 13.3 Å². The maximum atomic E-state index is 13.5. The van der Waals surface area contributed by atoms with Gasteiger partial charge in [0, 0.05) is 24.8 Å². The van der Waals surface area contributed by atoms with Crippen molar-refractivity contribution in [3.8, 4) is 5.75 Å². The number of ether oxygens (including phenoxy) is 1. The Balaban J connectivity index is 1.66. The van der Waals surface area contributed by atoms with Crippen molar-refractivity contribution in [1.82, 2.24) is 15.6 Å². The van der Waals surface area contributed by atoms with Crippen LogP contribution in [0.25, 0.3) is 0 Å². The normalized spacial score (nSPS) is 18.1. The first kappa shape index (κ1) is 31.9. The number of piperidine rings is 1. The number of rotatable bonds is 9. The maximum Gasteiger partial charge on any atom is 0.420 e. The molecule has 1 aromatic carbocycles. The molecule has 14 heteroatoms. The Morgan fingerprint density at radius 3 is 2.39 bits per heavy atom. The van der Waals surface area contributed by atoms with E-state index >= 15 is 0 Å². The van der Waals surface area contributed by atoms with E-state index in [-0.39, 0.29) is 17.6 Å². The van der Waals surface area contributed by atoms with Gasteiger partial charge in [0.05, 0.1) is 5.56 Å². The van der Waals surface area contributed by atoms with Crippen molar-refractivity contribution < 1.29 is 45.1 Å². The molecule has 1 aromatic heterocycles. The number of benzene rings is 1. The molecular weight excluding hydrogens is 561 g/mol. The predicted molar refractivity (Wildman–Crippen MR) is 136 cm³/mol. The number of nitrogens with one attached hydrogen (secondary N) is 2. The molecule has 2 N–H and O–H groups in total. The van der Waals surface area contributed by atoms with Gasteiger partial charge < -0.3 is 20.3 Å². The summed E-state index contributed by atoms with van der Waals surface area (Å²) < 4.78 is 96.2. The van der Waals surface area contributed by atoms with Crippen molar-refractivity contribution in [1.29, 1.82) is 0 Å². The van der Waals surface area contributed by atoms with Gasteiger partial charge in [-0.15, -0.1) is 0 Å². The lowest BCUT2D eigenvalue weighted by molar-refractivity contribution is -0.144. The lowest BCUT2D eigenvalue weighted by Crippen LogP contribution is -2.55. The topological polar surface area (TPSA) is 83.6 Å². The highest BCUT2D eigenvalue weighted by molar-refractivity contribution is 5.94. The number of hydrogen-bond donors (Lipinski definition) is 2. The molecule has 2 aromatic rings. The maximum absolute atomic E-state index is 13.5. The minimum atomic E-state index is -4.89. The summed E-state index contributed by atoms with van der Waals surface area (Å²) in [5.41, 5.74) is -3.06. The number of alkyl halides is 6. The minimum Gasteiger partial charge on any atom is -0.477 e. The van der Waals surface area contributed by atoms with Gasteiger partial charge in [0.15, 0.2) is 5.60 Å². The van der Waals surface area contributed by atoms with Crippen molar-refractivity contribution in [2.75, 3.05) is 18.0 Å². The van der Waals surface area contributed by atoms with Gasteiger partial charge in [0.25, 0.3) is 11.8 Å². The van der Waals surface area contributed by atoms with Gasteiger partial charge >= 0.3 is 12.4 Å². The predicted octanol–water partition coefficient (Wildman–Crippen LogP) is 5.64. The van der Waals surface area contributed by atoms with E-state index in [9.17, 15) is 40.3 Å². The van der Waals surface area contributed by atoms with E-state index in [1.165, 1.54) is 26.1 Å². The average Bonchev–Trinajstić information content (AvgIpc) is 2.87. The fraction of sp³-hybridized carbons (Fsp3) is 0.519. The lowest BCUT2D eigenvalue weighted by Gasteiger charge is -2.41. The first-order chi connectivity index (χ1) is 19.0. The largest absolute Gasteiger partial charge is 0.477 e. The van der Waals surface area contributed by atoms with E-state index in [1.807, 2.05) is 11.8 Å². The molecule has 1 fully saturated rings. The second kappa shape index (κ2) is 12.5. The van der Waals surface area contributed by atoms with E-state index in [0.29, 0.717) is 37.7 Å². The molecule has 0 radical (unpaired) electrons. The summed E-state index contributed by atoms with van der Waals surface area (Å²) in [7, 11) is 0. The van der Waals surface area contributed by atoms with Crippen molar-refractivity contribution in [2.24, 2.45) is 0 Å². The standard InChI is InChI=1S/C27H31F7N4O3/c1-4-5-19-13-18(10-11-38(19)22-9-6-16(14-35-22)23(39)36-15-26(29,30)31)37-24(40)25(2,3)41-21-8-7-17(28)12-20(21)27(32,33)34/h6-9,12,14,18-19H,4-5,10-11,13,15H2,1-3H3,(H,36,39)(H,37,40). The molecule has 2 unspecified atom stereocenters. The van der Waals surface area contributed by atoms with Crippen LogP contribution in [0.5, 0.6) is 5.75 Å². The molecular formula is C27H31F7N4O3. The molecule has 1 aliphatic heterocycles. The molecule has 0 aliphatic carbocycles. The monoisotopic (exact) mass is 592 g/mol. The Kier molecular flexibility index (Phi) is 9.75. The molecule has 2 amide bonds. The highest BCUT2D eigenvalue weighted by Crippen LogP contribution is 2.38. The van der Waals surface area contributed by atoms with Crippen LogP contribution >= 0.6 is 0 Å². The number of halogens is 7. The van der Waals surface area contributed by atoms with E-state index in [4.69, 9.17) is 4.74 Å². The summed E-state index contributed by atoms with van der Waals surface area (Å²) in [5.74, 6) is -2.79. The molecule has 1 aliphatic rings. The third kappa shape index (κ3) is 8.70. The quantitative estimate of drug-likeness (QED) is 0.368. The summed E-state index contributed by atoms with van der Waals surface area (Å²) in [4.78, 5) is 31.3. The molecule has 0 spiro atoms. The van der Waals surface area contributed by atoms with Crippen molar-refractivity contribution in [3.05, 3.63) is 53.5 Å². The van der Waals surface area contributed by atoms with E-state index in [1.54, 1.807) is 11.4 Å². The molecule has 2 heterocycles. The zero-order valence-electron chi connectivity index (χ0n) is 22.6. The zero-order valence-corrected chi connectivity index (χ0v) is 22.6. The lowest BCUT2D eigenvalue weighted by atomic mass is 9.93. The van der Waals surface area contributed by atoms with Crippen LogP contribution in [0.3, 0.4) is 0 Å². The van der Waals surface area contributed by atoms with Crippen molar-refractivity contribution >= 4 is 17.6 Å². The molecule has 1 saturated heterocycles. The number of nitrogens with zero attached hydrogens (tertiary/aromatic N) is 2. The summed E-state index contributed by atoms with van der Waals surface area (Å²) in [6.45, 7) is 3.60. The smallest absolute Gasteiger partial charge is 0.420 e. The van der Waals surface area contributed by atoms with Crippen LogP contribution < -0.4 is 20.3 Å². The van der Waals surface area contributed by atoms with Crippen molar-refractivity contribution in [2.45, 2.75) is 76.5 Å². The minimum absolute atomic E-state index is 0.0238. The van der Waals surface area contributed by atoms with Gasteiger partial charge in [-0.2, -0.15) is 26.3 Å². The Hall–Kier alpha value is -3.58. The van der Waals surface area contributed by atoms with E-state index in [0.717, 1.165) is 18.6 Å². The molecule has 226 valence electrons. The third-order valence-electron chi connectivity index (χ3n) is 6.59. The van der Waals surface area contributed by atoms with Crippen LogP contribution in [0.15, 0.2) is 36.5 Å². The Labute approximate surface area is 232 Å². The molecule has 2 atom stereocenters. The Morgan fingerprint density at radius 1 is 1.10 bits per heavy atom. The first-order valence-electron chi connectivity index (χ1n) is 12.9. The number of aromatic nitrogens is 1. The van der Waals surface area contributed by atoms with Gasteiger partial charge in [-0.05, 0) is 63.4 Å². The first-order valence-corrected chi connectivity index (χ1v) is 12.9. The number of anilines is 1. The number of pyridine rings is 1. The molecule has 7 nitrogen and oxygen atoms in total. The van der Waals surface area contributed by atoms with Crippen LogP contribution in [0.2, 0.25) is 0 Å². The zero-order chi connectivity index (χ0) is 30.6. The average molecular weight is 593 g/mol. The Morgan fingerprint density at radius 2 is 1.80 bits per heavy atom. The summed E-state index contributed by atoms with van der Waals surface area (Å²) >= 11 is 0. The van der Waals surface area contributed by atoms with Gasteiger partial charge in [0.2, 0.25) is 0 Å². The summed E-state index contributed by atoms with van der Waals surface area (Å²) in [6.07, 6.45) is -5.78. The van der Waals surface area contributed by atoms with Crippen LogP contribution in [0.1, 0.15) is 62.4 Å². The number of amides is 2. The highest BCUT2D eigenvalue weighted by Gasteiger charge is 2.39. The summed E-state index contributed by atoms with van der Waals surface area (Å²) in [6, 6.07) is 4.47. The third-order valence-corrected chi connectivity index (χ3v) is 6.59. The number of hydrogen-bond acceptors (Lipinski definition) is 5. The molecule has 0 bridgehead atoms. The highest BCUT2D eigenvalue weighted by atomic mass is 19.4. The van der Waals surface area contributed by atoms with Crippen LogP contribution in [-0.4, -0.2) is 53.7 Å². The van der Waals surface area contributed by atoms with Gasteiger partial charge in [0.1, 0.15) is 29.5 Å². The van der Waals surface area contributed by atoms with Gasteiger partial charge in [-0.3, -0.25) is 9.59 Å². The fourth-order valence-corrected chi connectivity index (χ4v) is 4.56. The van der Waals surface area contributed by atoms with Gasteiger partial charge in [-0.25, -0.2) is 9.37 Å². The van der Waals surface area contributed by atoms with Crippen molar-refractivity contribution in [3.63, 3.8) is 0 Å². The number of carbonyl (C=O) groups is 2. The molecule has 3 rings (SSSR count). The second-order valence-corrected chi connectivity index (χ2v) is 10.3. The summed E-state index contributed by atoms with van der Waals surface area (Å²) in [5, 5.41) is 4.64. The van der Waals surface area contributed by atoms with Crippen LogP contribution in [0.4, 0.5) is 36.6 Å². The molecule has 0 saturated carbocycles.